The van der Waals surface area contributed by atoms with Gasteiger partial charge in [0.25, 0.3) is 0 Å². The Labute approximate surface area is 143 Å². The second-order valence-electron chi connectivity index (χ2n) is 4.88. The van der Waals surface area contributed by atoms with Crippen LogP contribution >= 0.6 is 15.9 Å². The van der Waals surface area contributed by atoms with Gasteiger partial charge in [0, 0.05) is 16.1 Å². The fourth-order valence-corrected chi connectivity index (χ4v) is 2.22. The highest BCUT2D eigenvalue weighted by molar-refractivity contribution is 9.10. The second kappa shape index (κ2) is 6.27. The van der Waals surface area contributed by atoms with Crippen molar-refractivity contribution in [3.05, 3.63) is 58.4 Å². The third kappa shape index (κ3) is 3.59. The number of alkyl halides is 3. The summed E-state index contributed by atoms with van der Waals surface area (Å²) in [4.78, 5) is 3.35. The molecule has 0 spiro atoms. The zero-order valence-electron chi connectivity index (χ0n) is 12.2. The van der Waals surface area contributed by atoms with Gasteiger partial charge in [-0.25, -0.2) is 0 Å². The third-order valence-electron chi connectivity index (χ3n) is 3.07. The summed E-state index contributed by atoms with van der Waals surface area (Å²) in [6, 6.07) is 12.8. The molecule has 3 rings (SSSR count). The topological polar surface area (TPSA) is 48.2 Å². The Morgan fingerprint density at radius 2 is 2.00 bits per heavy atom. The monoisotopic (exact) mass is 397 g/mol. The van der Waals surface area contributed by atoms with Crippen molar-refractivity contribution < 1.29 is 22.4 Å². The predicted molar refractivity (Wildman–Crippen MR) is 82.5 cm³/mol. The average Bonchev–Trinajstić information content (AvgIpc) is 3.01. The SMILES string of the molecule is Cc1ccc(Oc2[c]ccc(-c3noc(C(F)(F)F)n3)c2)cc1Br. The largest absolute Gasteiger partial charge is 0.471 e. The van der Waals surface area contributed by atoms with E-state index in [2.05, 4.69) is 36.7 Å². The minimum atomic E-state index is -4.68. The highest BCUT2D eigenvalue weighted by Gasteiger charge is 2.38. The Kier molecular flexibility index (Phi) is 4.31. The van der Waals surface area contributed by atoms with Gasteiger partial charge in [0.1, 0.15) is 11.5 Å². The molecule has 24 heavy (non-hydrogen) atoms. The van der Waals surface area contributed by atoms with E-state index in [0.717, 1.165) is 10.0 Å². The molecule has 3 aromatic rings. The number of benzene rings is 2. The third-order valence-corrected chi connectivity index (χ3v) is 3.93. The van der Waals surface area contributed by atoms with Gasteiger partial charge < -0.3 is 9.26 Å². The number of aromatic nitrogens is 2. The van der Waals surface area contributed by atoms with Gasteiger partial charge in [-0.2, -0.15) is 18.2 Å². The quantitative estimate of drug-likeness (QED) is 0.591. The van der Waals surface area contributed by atoms with Crippen LogP contribution in [0.2, 0.25) is 0 Å². The van der Waals surface area contributed by atoms with Crippen molar-refractivity contribution in [3.8, 4) is 22.9 Å². The molecule has 1 aromatic heterocycles. The molecule has 0 bridgehead atoms. The van der Waals surface area contributed by atoms with E-state index in [-0.39, 0.29) is 5.82 Å². The van der Waals surface area contributed by atoms with Gasteiger partial charge in [-0.05, 0) is 36.8 Å². The summed E-state index contributed by atoms with van der Waals surface area (Å²) in [5.74, 6) is -0.687. The lowest BCUT2D eigenvalue weighted by Crippen LogP contribution is -2.04. The zero-order valence-corrected chi connectivity index (χ0v) is 13.8. The van der Waals surface area contributed by atoms with Crippen molar-refractivity contribution in [2.24, 2.45) is 0 Å². The summed E-state index contributed by atoms with van der Waals surface area (Å²) in [5, 5.41) is 3.34. The first-order valence-electron chi connectivity index (χ1n) is 6.70. The van der Waals surface area contributed by atoms with Gasteiger partial charge >= 0.3 is 12.1 Å². The fourth-order valence-electron chi connectivity index (χ4n) is 1.86. The Balaban J connectivity index is 1.86. The molecule has 0 atom stereocenters. The molecule has 1 radical (unpaired) electrons. The maximum atomic E-state index is 12.5. The Morgan fingerprint density at radius 3 is 2.67 bits per heavy atom. The molecule has 0 aliphatic rings. The molecular formula is C16H9BrF3N2O2. The molecule has 0 fully saturated rings. The minimum Gasteiger partial charge on any atom is -0.457 e. The number of hydrogen-bond acceptors (Lipinski definition) is 4. The smallest absolute Gasteiger partial charge is 0.457 e. The highest BCUT2D eigenvalue weighted by Crippen LogP contribution is 2.31. The first-order chi connectivity index (χ1) is 11.3. The van der Waals surface area contributed by atoms with E-state index in [1.54, 1.807) is 12.1 Å². The van der Waals surface area contributed by atoms with Crippen LogP contribution in [0.4, 0.5) is 13.2 Å². The highest BCUT2D eigenvalue weighted by atomic mass is 79.9. The van der Waals surface area contributed by atoms with E-state index in [1.165, 1.54) is 18.2 Å². The molecule has 0 aliphatic heterocycles. The number of halogens is 4. The van der Waals surface area contributed by atoms with Crippen LogP contribution < -0.4 is 4.74 Å². The summed E-state index contributed by atoms with van der Waals surface area (Å²) >= 11 is 3.40. The molecular weight excluding hydrogens is 389 g/mol. The van der Waals surface area contributed by atoms with E-state index in [1.807, 2.05) is 13.0 Å². The van der Waals surface area contributed by atoms with E-state index in [4.69, 9.17) is 4.74 Å². The van der Waals surface area contributed by atoms with Crippen LogP contribution in [-0.4, -0.2) is 10.1 Å². The number of rotatable bonds is 3. The average molecular weight is 398 g/mol. The van der Waals surface area contributed by atoms with Crippen molar-refractivity contribution >= 4 is 15.9 Å². The van der Waals surface area contributed by atoms with E-state index in [9.17, 15) is 13.2 Å². The molecule has 8 heteroatoms. The van der Waals surface area contributed by atoms with Crippen LogP contribution in [-0.2, 0) is 6.18 Å². The molecule has 123 valence electrons. The van der Waals surface area contributed by atoms with Gasteiger partial charge in [0.05, 0.1) is 0 Å². The van der Waals surface area contributed by atoms with E-state index >= 15 is 0 Å². The summed E-state index contributed by atoms with van der Waals surface area (Å²) in [6.45, 7) is 1.94. The number of aryl methyl sites for hydroxylation is 1. The predicted octanol–water partition coefficient (Wildman–Crippen LogP) is 5.42. The van der Waals surface area contributed by atoms with Crippen molar-refractivity contribution in [2.45, 2.75) is 13.1 Å². The molecule has 4 nitrogen and oxygen atoms in total. The second-order valence-corrected chi connectivity index (χ2v) is 5.73. The number of nitrogens with zero attached hydrogens (tertiary/aromatic N) is 2. The molecule has 0 saturated heterocycles. The van der Waals surface area contributed by atoms with Crippen LogP contribution in [0.5, 0.6) is 11.5 Å². The first-order valence-corrected chi connectivity index (χ1v) is 7.49. The lowest BCUT2D eigenvalue weighted by molar-refractivity contribution is -0.159. The maximum absolute atomic E-state index is 12.5. The minimum absolute atomic E-state index is 0.175. The van der Waals surface area contributed by atoms with Gasteiger partial charge in [-0.15, -0.1) is 0 Å². The summed E-state index contributed by atoms with van der Waals surface area (Å²) in [6.07, 6.45) is -4.68. The fraction of sp³-hybridized carbons (Fsp3) is 0.125. The Morgan fingerprint density at radius 1 is 1.21 bits per heavy atom. The van der Waals surface area contributed by atoms with Gasteiger partial charge in [-0.3, -0.25) is 0 Å². The summed E-state index contributed by atoms with van der Waals surface area (Å²) in [5.41, 5.74) is 1.38. The van der Waals surface area contributed by atoms with Crippen molar-refractivity contribution in [2.75, 3.05) is 0 Å². The molecule has 0 saturated carbocycles. The summed E-state index contributed by atoms with van der Waals surface area (Å²) in [7, 11) is 0. The Bertz CT molecular complexity index is 878. The maximum Gasteiger partial charge on any atom is 0.471 e. The van der Waals surface area contributed by atoms with Crippen molar-refractivity contribution in [1.29, 1.82) is 0 Å². The first kappa shape index (κ1) is 16.5. The zero-order chi connectivity index (χ0) is 17.3. The van der Waals surface area contributed by atoms with Crippen LogP contribution in [0, 0.1) is 13.0 Å². The van der Waals surface area contributed by atoms with Gasteiger partial charge in [-0.1, -0.05) is 33.2 Å². The molecule has 0 unspecified atom stereocenters. The standard InChI is InChI=1S/C16H9BrF3N2O2/c1-9-5-6-12(8-13(9)17)23-11-4-2-3-10(7-11)14-21-15(24-22-14)16(18,19)20/h2-3,5-8H,1H3. The van der Waals surface area contributed by atoms with Gasteiger partial charge in [0.15, 0.2) is 0 Å². The number of hydrogen-bond donors (Lipinski definition) is 0. The van der Waals surface area contributed by atoms with Crippen LogP contribution in [0.3, 0.4) is 0 Å². The lowest BCUT2D eigenvalue weighted by Gasteiger charge is -2.07. The molecule has 0 aliphatic carbocycles. The number of ether oxygens (including phenoxy) is 1. The summed E-state index contributed by atoms with van der Waals surface area (Å²) < 4.78 is 48.3. The lowest BCUT2D eigenvalue weighted by atomic mass is 10.2. The molecule has 0 N–H and O–H groups in total. The van der Waals surface area contributed by atoms with E-state index in [0.29, 0.717) is 17.1 Å². The van der Waals surface area contributed by atoms with Crippen molar-refractivity contribution in [1.82, 2.24) is 10.1 Å². The molecule has 1 heterocycles. The van der Waals surface area contributed by atoms with Crippen LogP contribution in [0.1, 0.15) is 11.5 Å². The van der Waals surface area contributed by atoms with Crippen molar-refractivity contribution in [3.63, 3.8) is 0 Å². The van der Waals surface area contributed by atoms with Crippen LogP contribution in [0.25, 0.3) is 11.4 Å². The molecule has 0 amide bonds. The Hall–Kier alpha value is -2.35. The van der Waals surface area contributed by atoms with Gasteiger partial charge in [0.2, 0.25) is 5.82 Å². The van der Waals surface area contributed by atoms with E-state index < -0.39 is 12.1 Å². The molecule has 2 aromatic carbocycles. The normalized spacial score (nSPS) is 11.5. The van der Waals surface area contributed by atoms with Crippen LogP contribution in [0.15, 0.2) is 45.4 Å².